The van der Waals surface area contributed by atoms with E-state index in [1.807, 2.05) is 0 Å². The second-order valence-electron chi connectivity index (χ2n) is 5.48. The lowest BCUT2D eigenvalue weighted by atomic mass is 10.1. The van der Waals surface area contributed by atoms with Crippen molar-refractivity contribution in [2.24, 2.45) is 0 Å². The van der Waals surface area contributed by atoms with Crippen LogP contribution < -0.4 is 16.0 Å². The minimum atomic E-state index is -0.371. The fourth-order valence-electron chi connectivity index (χ4n) is 2.62. The Morgan fingerprint density at radius 2 is 2.00 bits per heavy atom. The Bertz CT molecular complexity index is 330. The Hall–Kier alpha value is -1.14. The number of ether oxygens (including phenoxy) is 1. The Labute approximate surface area is 120 Å². The minimum absolute atomic E-state index is 0.0601. The van der Waals surface area contributed by atoms with Crippen molar-refractivity contribution in [2.45, 2.75) is 50.7 Å². The number of nitrogens with one attached hydrogen (secondary N) is 3. The van der Waals surface area contributed by atoms with Crippen molar-refractivity contribution < 1.29 is 14.3 Å². The molecule has 0 spiro atoms. The molecule has 3 N–H and O–H groups in total. The monoisotopic (exact) mass is 283 g/mol. The Balaban J connectivity index is 1.62. The summed E-state index contributed by atoms with van der Waals surface area (Å²) in [6.07, 6.45) is 5.29. The number of amides is 2. The molecule has 2 saturated heterocycles. The summed E-state index contributed by atoms with van der Waals surface area (Å²) in [4.78, 5) is 23.5. The van der Waals surface area contributed by atoms with Crippen LogP contribution in [0, 0.1) is 0 Å². The summed E-state index contributed by atoms with van der Waals surface area (Å²) < 4.78 is 5.69. The zero-order chi connectivity index (χ0) is 14.2. The Morgan fingerprint density at radius 1 is 1.20 bits per heavy atom. The molecule has 0 aromatic rings. The first-order valence-electron chi connectivity index (χ1n) is 7.65. The summed E-state index contributed by atoms with van der Waals surface area (Å²) in [6, 6.07) is -0.371. The van der Waals surface area contributed by atoms with Crippen molar-refractivity contribution in [3.05, 3.63) is 0 Å². The topological polar surface area (TPSA) is 79.5 Å². The van der Waals surface area contributed by atoms with Crippen LogP contribution in [-0.2, 0) is 14.3 Å². The van der Waals surface area contributed by atoms with E-state index in [0.717, 1.165) is 45.2 Å². The fraction of sp³-hybridized carbons (Fsp3) is 0.857. The van der Waals surface area contributed by atoms with Gasteiger partial charge in [0.1, 0.15) is 6.04 Å². The summed E-state index contributed by atoms with van der Waals surface area (Å²) in [7, 11) is 0. The van der Waals surface area contributed by atoms with E-state index in [2.05, 4.69) is 16.0 Å². The van der Waals surface area contributed by atoms with Gasteiger partial charge in [-0.15, -0.1) is 0 Å². The molecule has 0 aliphatic carbocycles. The molecule has 6 nitrogen and oxygen atoms in total. The first-order valence-corrected chi connectivity index (χ1v) is 7.65. The molecule has 2 aliphatic rings. The lowest BCUT2D eigenvalue weighted by Gasteiger charge is -2.23. The van der Waals surface area contributed by atoms with Crippen molar-refractivity contribution in [1.82, 2.24) is 16.0 Å². The van der Waals surface area contributed by atoms with Gasteiger partial charge in [0.2, 0.25) is 11.8 Å². The molecule has 2 fully saturated rings. The van der Waals surface area contributed by atoms with Gasteiger partial charge >= 0.3 is 0 Å². The molecule has 0 aromatic carbocycles. The van der Waals surface area contributed by atoms with Crippen LogP contribution in [0.5, 0.6) is 0 Å². The maximum Gasteiger partial charge on any atom is 0.242 e. The third kappa shape index (κ3) is 5.09. The van der Waals surface area contributed by atoms with Gasteiger partial charge in [-0.25, -0.2) is 0 Å². The Kier molecular flexibility index (Phi) is 6.26. The molecule has 6 heteroatoms. The van der Waals surface area contributed by atoms with Gasteiger partial charge in [-0.05, 0) is 45.2 Å². The van der Waals surface area contributed by atoms with Gasteiger partial charge in [0, 0.05) is 13.0 Å². The second-order valence-corrected chi connectivity index (χ2v) is 5.48. The minimum Gasteiger partial charge on any atom is -0.378 e. The van der Waals surface area contributed by atoms with Crippen LogP contribution in [0.2, 0.25) is 0 Å². The summed E-state index contributed by atoms with van der Waals surface area (Å²) in [5, 5.41) is 8.89. The highest BCUT2D eigenvalue weighted by Gasteiger charge is 2.22. The van der Waals surface area contributed by atoms with Crippen LogP contribution >= 0.6 is 0 Å². The van der Waals surface area contributed by atoms with E-state index in [0.29, 0.717) is 19.6 Å². The van der Waals surface area contributed by atoms with E-state index in [9.17, 15) is 9.59 Å². The van der Waals surface area contributed by atoms with Crippen LogP contribution in [0.25, 0.3) is 0 Å². The van der Waals surface area contributed by atoms with Crippen LogP contribution in [0.4, 0.5) is 0 Å². The van der Waals surface area contributed by atoms with Crippen molar-refractivity contribution in [3.63, 3.8) is 0 Å². The first-order chi connectivity index (χ1) is 9.75. The van der Waals surface area contributed by atoms with Gasteiger partial charge in [0.25, 0.3) is 0 Å². The maximum absolute atomic E-state index is 11.8. The molecular formula is C14H25N3O3. The van der Waals surface area contributed by atoms with Crippen molar-refractivity contribution in [1.29, 1.82) is 0 Å². The molecular weight excluding hydrogens is 258 g/mol. The predicted octanol–water partition coefficient (Wildman–Crippen LogP) is -0.0700. The zero-order valence-electron chi connectivity index (χ0n) is 12.0. The van der Waals surface area contributed by atoms with Gasteiger partial charge in [-0.3, -0.25) is 9.59 Å². The largest absolute Gasteiger partial charge is 0.378 e. The number of rotatable bonds is 5. The van der Waals surface area contributed by atoms with E-state index in [1.54, 1.807) is 0 Å². The highest BCUT2D eigenvalue weighted by molar-refractivity contribution is 5.87. The van der Waals surface area contributed by atoms with Crippen LogP contribution in [0.1, 0.15) is 38.5 Å². The quantitative estimate of drug-likeness (QED) is 0.660. The molecule has 0 aromatic heterocycles. The average molecular weight is 283 g/mol. The SMILES string of the molecule is O=C(CCOC1CCNCC1)NC1CCCCNC1=O. The predicted molar refractivity (Wildman–Crippen MR) is 75.3 cm³/mol. The fourth-order valence-corrected chi connectivity index (χ4v) is 2.62. The molecule has 20 heavy (non-hydrogen) atoms. The number of piperidine rings is 1. The number of hydrogen-bond donors (Lipinski definition) is 3. The summed E-state index contributed by atoms with van der Waals surface area (Å²) in [6.45, 7) is 3.12. The van der Waals surface area contributed by atoms with Crippen molar-refractivity contribution >= 4 is 11.8 Å². The van der Waals surface area contributed by atoms with Crippen molar-refractivity contribution in [3.8, 4) is 0 Å². The Morgan fingerprint density at radius 3 is 2.80 bits per heavy atom. The van der Waals surface area contributed by atoms with E-state index < -0.39 is 0 Å². The summed E-state index contributed by atoms with van der Waals surface area (Å²) >= 11 is 0. The highest BCUT2D eigenvalue weighted by atomic mass is 16.5. The van der Waals surface area contributed by atoms with Crippen LogP contribution in [0.3, 0.4) is 0 Å². The zero-order valence-corrected chi connectivity index (χ0v) is 12.0. The molecule has 1 unspecified atom stereocenters. The van der Waals surface area contributed by atoms with Gasteiger partial charge in [-0.2, -0.15) is 0 Å². The smallest absolute Gasteiger partial charge is 0.242 e. The van der Waals surface area contributed by atoms with Crippen LogP contribution in [-0.4, -0.2) is 50.2 Å². The molecule has 2 heterocycles. The molecule has 2 rings (SSSR count). The second kappa shape index (κ2) is 8.21. The molecule has 0 saturated carbocycles. The van der Waals surface area contributed by atoms with Gasteiger partial charge < -0.3 is 20.7 Å². The van der Waals surface area contributed by atoms with Gasteiger partial charge in [0.15, 0.2) is 0 Å². The van der Waals surface area contributed by atoms with E-state index in [1.165, 1.54) is 0 Å². The number of carbonyl (C=O) groups is 2. The van der Waals surface area contributed by atoms with Crippen LogP contribution in [0.15, 0.2) is 0 Å². The summed E-state index contributed by atoms with van der Waals surface area (Å²) in [5.41, 5.74) is 0. The van der Waals surface area contributed by atoms with Gasteiger partial charge in [0.05, 0.1) is 12.7 Å². The number of hydrogen-bond acceptors (Lipinski definition) is 4. The normalized spacial score (nSPS) is 24.8. The van der Waals surface area contributed by atoms with E-state index in [4.69, 9.17) is 4.74 Å². The standard InChI is InChI=1S/C14H25N3O3/c18-13(6-10-20-11-4-8-15-9-5-11)17-12-3-1-2-7-16-14(12)19/h11-12,15H,1-10H2,(H,16,19)(H,17,18). The van der Waals surface area contributed by atoms with Crippen molar-refractivity contribution in [2.75, 3.05) is 26.2 Å². The maximum atomic E-state index is 11.8. The highest BCUT2D eigenvalue weighted by Crippen LogP contribution is 2.08. The lowest BCUT2D eigenvalue weighted by Crippen LogP contribution is -2.45. The lowest BCUT2D eigenvalue weighted by molar-refractivity contribution is -0.129. The molecule has 1 atom stereocenters. The molecule has 2 aliphatic heterocycles. The third-order valence-corrected chi connectivity index (χ3v) is 3.84. The molecule has 0 radical (unpaired) electrons. The molecule has 114 valence electrons. The van der Waals surface area contributed by atoms with E-state index in [-0.39, 0.29) is 24.0 Å². The van der Waals surface area contributed by atoms with E-state index >= 15 is 0 Å². The molecule has 2 amide bonds. The first kappa shape index (κ1) is 15.3. The third-order valence-electron chi connectivity index (χ3n) is 3.84. The number of carbonyl (C=O) groups excluding carboxylic acids is 2. The summed E-state index contributed by atoms with van der Waals surface area (Å²) in [5.74, 6) is -0.156. The van der Waals surface area contributed by atoms with Gasteiger partial charge in [-0.1, -0.05) is 0 Å². The average Bonchev–Trinajstić information content (AvgIpc) is 2.65. The molecule has 0 bridgehead atoms.